The fraction of sp³-hybridized carbons (Fsp3) is 0.143. The zero-order chi connectivity index (χ0) is 18.5. The van der Waals surface area contributed by atoms with Crippen LogP contribution < -0.4 is 9.47 Å². The van der Waals surface area contributed by atoms with Crippen LogP contribution >= 0.6 is 0 Å². The third-order valence-corrected chi connectivity index (χ3v) is 3.82. The predicted octanol–water partition coefficient (Wildman–Crippen LogP) is 3.80. The fourth-order valence-electron chi connectivity index (χ4n) is 2.48. The molecule has 0 bridgehead atoms. The number of carbonyl (C=O) groups is 2. The molecule has 1 heterocycles. The first-order valence-electron chi connectivity index (χ1n) is 8.13. The molecular weight excluding hydrogens is 332 g/mol. The van der Waals surface area contributed by atoms with Crippen molar-refractivity contribution >= 4 is 17.8 Å². The lowest BCUT2D eigenvalue weighted by molar-refractivity contribution is -0.147. The Hall–Kier alpha value is -3.34. The Bertz CT molecular complexity index is 881. The number of allylic oxidation sites excluding steroid dienone is 3. The molecule has 0 saturated carbocycles. The number of rotatable bonds is 5. The highest BCUT2D eigenvalue weighted by Gasteiger charge is 2.27. The van der Waals surface area contributed by atoms with Crippen molar-refractivity contribution in [2.24, 2.45) is 0 Å². The molecule has 0 aliphatic carbocycles. The molecule has 132 valence electrons. The standard InChI is InChI=1S/C21H18O5/c1-14(21(23)24-2)25-16-11-12-17-19(13-16)26-18(20(17)22)10-6-9-15-7-4-3-5-8-15/h3-14H,1-2H3. The molecular formula is C21H18O5. The summed E-state index contributed by atoms with van der Waals surface area (Å²) in [7, 11) is 1.30. The van der Waals surface area contributed by atoms with E-state index >= 15 is 0 Å². The number of ketones is 1. The van der Waals surface area contributed by atoms with Crippen LogP contribution in [0.15, 0.2) is 66.4 Å². The van der Waals surface area contributed by atoms with E-state index in [0.717, 1.165) is 5.56 Å². The molecule has 0 radical (unpaired) electrons. The summed E-state index contributed by atoms with van der Waals surface area (Å²) in [6.07, 6.45) is 4.54. The van der Waals surface area contributed by atoms with Gasteiger partial charge in [-0.25, -0.2) is 4.79 Å². The van der Waals surface area contributed by atoms with Crippen LogP contribution in [0.4, 0.5) is 0 Å². The summed E-state index contributed by atoms with van der Waals surface area (Å²) < 4.78 is 15.8. The lowest BCUT2D eigenvalue weighted by atomic mass is 10.1. The molecule has 1 aliphatic rings. The Kier molecular flexibility index (Phi) is 5.17. The molecule has 2 aromatic rings. The number of benzene rings is 2. The van der Waals surface area contributed by atoms with Crippen LogP contribution in [0, 0.1) is 0 Å². The molecule has 1 aliphatic heterocycles. The third kappa shape index (κ3) is 3.83. The third-order valence-electron chi connectivity index (χ3n) is 3.82. The first-order valence-corrected chi connectivity index (χ1v) is 8.13. The number of hydrogen-bond acceptors (Lipinski definition) is 5. The SMILES string of the molecule is COC(=O)C(C)Oc1ccc2c(c1)OC(=CC=Cc1ccccc1)C2=O. The van der Waals surface area contributed by atoms with Crippen LogP contribution in [0.3, 0.4) is 0 Å². The lowest BCUT2D eigenvalue weighted by Crippen LogP contribution is -2.24. The highest BCUT2D eigenvalue weighted by Crippen LogP contribution is 2.34. The van der Waals surface area contributed by atoms with Gasteiger partial charge >= 0.3 is 5.97 Å². The summed E-state index contributed by atoms with van der Waals surface area (Å²) in [6.45, 7) is 1.59. The number of hydrogen-bond donors (Lipinski definition) is 0. The number of methoxy groups -OCH3 is 1. The van der Waals surface area contributed by atoms with Crippen LogP contribution in [-0.2, 0) is 9.53 Å². The van der Waals surface area contributed by atoms with Crippen LogP contribution in [0.5, 0.6) is 11.5 Å². The van der Waals surface area contributed by atoms with Crippen molar-refractivity contribution in [2.45, 2.75) is 13.0 Å². The van der Waals surface area contributed by atoms with Crippen molar-refractivity contribution < 1.29 is 23.8 Å². The van der Waals surface area contributed by atoms with E-state index in [1.807, 2.05) is 36.4 Å². The molecule has 0 amide bonds. The summed E-state index contributed by atoms with van der Waals surface area (Å²) in [5, 5.41) is 0. The second-order valence-corrected chi connectivity index (χ2v) is 5.67. The van der Waals surface area contributed by atoms with Crippen LogP contribution in [-0.4, -0.2) is 25.0 Å². The summed E-state index contributed by atoms with van der Waals surface area (Å²) in [4.78, 5) is 23.8. The first-order chi connectivity index (χ1) is 12.6. The maximum Gasteiger partial charge on any atom is 0.346 e. The predicted molar refractivity (Wildman–Crippen MR) is 97.1 cm³/mol. The van der Waals surface area contributed by atoms with E-state index in [0.29, 0.717) is 17.1 Å². The minimum absolute atomic E-state index is 0.190. The van der Waals surface area contributed by atoms with Crippen molar-refractivity contribution in [3.63, 3.8) is 0 Å². The molecule has 1 atom stereocenters. The largest absolute Gasteiger partial charge is 0.479 e. The van der Waals surface area contributed by atoms with E-state index in [4.69, 9.17) is 9.47 Å². The molecule has 0 fully saturated rings. The van der Waals surface area contributed by atoms with E-state index in [1.165, 1.54) is 7.11 Å². The molecule has 0 N–H and O–H groups in total. The Labute approximate surface area is 151 Å². The zero-order valence-corrected chi connectivity index (χ0v) is 14.5. The van der Waals surface area contributed by atoms with E-state index in [9.17, 15) is 9.59 Å². The molecule has 0 saturated heterocycles. The van der Waals surface area contributed by atoms with Gasteiger partial charge in [0.15, 0.2) is 11.9 Å². The van der Waals surface area contributed by atoms with Gasteiger partial charge in [0.25, 0.3) is 0 Å². The second-order valence-electron chi connectivity index (χ2n) is 5.67. The van der Waals surface area contributed by atoms with E-state index in [1.54, 1.807) is 37.3 Å². The van der Waals surface area contributed by atoms with Gasteiger partial charge in [0.1, 0.15) is 11.5 Å². The summed E-state index contributed by atoms with van der Waals surface area (Å²) in [6, 6.07) is 14.6. The quantitative estimate of drug-likeness (QED) is 0.606. The van der Waals surface area contributed by atoms with Gasteiger partial charge in [-0.05, 0) is 30.7 Å². The number of Topliss-reactive ketones (excluding diaryl/α,β-unsaturated/α-hetero) is 1. The van der Waals surface area contributed by atoms with E-state index < -0.39 is 12.1 Å². The molecule has 5 nitrogen and oxygen atoms in total. The average Bonchev–Trinajstić information content (AvgIpc) is 2.97. The first kappa shape index (κ1) is 17.5. The molecule has 1 unspecified atom stereocenters. The van der Waals surface area contributed by atoms with E-state index in [-0.39, 0.29) is 11.5 Å². The number of carbonyl (C=O) groups excluding carboxylic acids is 2. The highest BCUT2D eigenvalue weighted by molar-refractivity contribution is 6.12. The fourth-order valence-corrected chi connectivity index (χ4v) is 2.48. The molecule has 3 rings (SSSR count). The second kappa shape index (κ2) is 7.70. The van der Waals surface area contributed by atoms with Crippen LogP contribution in [0.1, 0.15) is 22.8 Å². The van der Waals surface area contributed by atoms with Gasteiger partial charge in [0, 0.05) is 6.07 Å². The van der Waals surface area contributed by atoms with Crippen LogP contribution in [0.2, 0.25) is 0 Å². The Morgan fingerprint density at radius 1 is 1.15 bits per heavy atom. The maximum absolute atomic E-state index is 12.4. The Balaban J connectivity index is 1.73. The van der Waals surface area contributed by atoms with Gasteiger partial charge in [0.2, 0.25) is 5.78 Å². The monoisotopic (exact) mass is 350 g/mol. The minimum Gasteiger partial charge on any atom is -0.479 e. The van der Waals surface area contributed by atoms with Crippen molar-refractivity contribution in [3.05, 3.63) is 77.6 Å². The van der Waals surface area contributed by atoms with Gasteiger partial charge in [0.05, 0.1) is 12.7 Å². The summed E-state index contributed by atoms with van der Waals surface area (Å²) in [5.74, 6) is 0.407. The minimum atomic E-state index is -0.751. The molecule has 2 aromatic carbocycles. The van der Waals surface area contributed by atoms with Crippen LogP contribution in [0.25, 0.3) is 6.08 Å². The molecule has 5 heteroatoms. The Morgan fingerprint density at radius 2 is 1.92 bits per heavy atom. The Morgan fingerprint density at radius 3 is 2.65 bits per heavy atom. The molecule has 0 spiro atoms. The topological polar surface area (TPSA) is 61.8 Å². The van der Waals surface area contributed by atoms with Crippen molar-refractivity contribution in [1.82, 2.24) is 0 Å². The maximum atomic E-state index is 12.4. The smallest absolute Gasteiger partial charge is 0.346 e. The normalized spacial score (nSPS) is 15.6. The highest BCUT2D eigenvalue weighted by atomic mass is 16.6. The summed E-state index contributed by atoms with van der Waals surface area (Å²) >= 11 is 0. The van der Waals surface area contributed by atoms with Gasteiger partial charge in [-0.2, -0.15) is 0 Å². The average molecular weight is 350 g/mol. The summed E-state index contributed by atoms with van der Waals surface area (Å²) in [5.41, 5.74) is 1.49. The van der Waals surface area contributed by atoms with Gasteiger partial charge < -0.3 is 14.2 Å². The van der Waals surface area contributed by atoms with Gasteiger partial charge in [-0.15, -0.1) is 0 Å². The van der Waals surface area contributed by atoms with Crippen molar-refractivity contribution in [1.29, 1.82) is 0 Å². The number of ether oxygens (including phenoxy) is 3. The lowest BCUT2D eigenvalue weighted by Gasteiger charge is -2.12. The van der Waals surface area contributed by atoms with Gasteiger partial charge in [-0.1, -0.05) is 42.5 Å². The zero-order valence-electron chi connectivity index (χ0n) is 14.5. The van der Waals surface area contributed by atoms with Gasteiger partial charge in [-0.3, -0.25) is 4.79 Å². The molecule has 26 heavy (non-hydrogen) atoms. The van der Waals surface area contributed by atoms with Crippen molar-refractivity contribution in [3.8, 4) is 11.5 Å². The molecule has 0 aromatic heterocycles. The van der Waals surface area contributed by atoms with E-state index in [2.05, 4.69) is 4.74 Å². The van der Waals surface area contributed by atoms with Crippen molar-refractivity contribution in [2.75, 3.05) is 7.11 Å². The number of fused-ring (bicyclic) bond motifs is 1. The number of esters is 1.